The summed E-state index contributed by atoms with van der Waals surface area (Å²) in [6.07, 6.45) is 0.464. The van der Waals surface area contributed by atoms with E-state index in [9.17, 15) is 14.4 Å². The van der Waals surface area contributed by atoms with Crippen LogP contribution in [0.3, 0.4) is 0 Å². The topological polar surface area (TPSA) is 88.2 Å². The van der Waals surface area contributed by atoms with Crippen molar-refractivity contribution in [3.63, 3.8) is 0 Å². The van der Waals surface area contributed by atoms with Crippen LogP contribution in [0.4, 0.5) is 0 Å². The molecule has 1 N–H and O–H groups in total. The number of amides is 3. The van der Waals surface area contributed by atoms with Crippen LogP contribution in [0.1, 0.15) is 46.7 Å². The minimum atomic E-state index is -2.27. The number of ether oxygens (including phenoxy) is 2. The Balaban J connectivity index is 1.24. The third-order valence-electron chi connectivity index (χ3n) is 5.94. The standard InChI is InChI=1S/C25H27N3O5/c29-23-9-8-21(24(30)26-23)28-15-20-19(25(28)31)2-1-3-22(20)33-16-18-6-4-17(5-7-18)14-27-10-12-32-13-11-27/h1-7,21H,8-16H2,(H,26,29,30)/i10D,11D2,12D2. The van der Waals surface area contributed by atoms with E-state index in [0.29, 0.717) is 22.4 Å². The summed E-state index contributed by atoms with van der Waals surface area (Å²) in [5.74, 6) is -0.558. The van der Waals surface area contributed by atoms with Crippen molar-refractivity contribution in [3.05, 3.63) is 64.7 Å². The highest BCUT2D eigenvalue weighted by molar-refractivity contribution is 6.05. The van der Waals surface area contributed by atoms with E-state index in [4.69, 9.17) is 16.3 Å². The van der Waals surface area contributed by atoms with Gasteiger partial charge in [-0.1, -0.05) is 30.3 Å². The molecule has 3 aliphatic rings. The van der Waals surface area contributed by atoms with Gasteiger partial charge in [-0.25, -0.2) is 0 Å². The predicted molar refractivity (Wildman–Crippen MR) is 119 cm³/mol. The molecule has 2 saturated heterocycles. The zero-order valence-corrected chi connectivity index (χ0v) is 17.9. The molecule has 2 unspecified atom stereocenters. The van der Waals surface area contributed by atoms with Crippen LogP contribution in [0, 0.1) is 0 Å². The number of hydrogen-bond acceptors (Lipinski definition) is 6. The van der Waals surface area contributed by atoms with Crippen molar-refractivity contribution in [2.45, 2.75) is 38.6 Å². The first kappa shape index (κ1) is 16.4. The number of nitrogens with one attached hydrogen (secondary N) is 1. The molecule has 172 valence electrons. The summed E-state index contributed by atoms with van der Waals surface area (Å²) in [6.45, 7) is -5.79. The number of benzene rings is 2. The van der Waals surface area contributed by atoms with E-state index in [1.54, 1.807) is 30.3 Å². The van der Waals surface area contributed by atoms with Crippen molar-refractivity contribution in [3.8, 4) is 5.75 Å². The summed E-state index contributed by atoms with van der Waals surface area (Å²) in [4.78, 5) is 39.4. The molecule has 2 fully saturated rings. The van der Waals surface area contributed by atoms with Gasteiger partial charge >= 0.3 is 0 Å². The molecular weight excluding hydrogens is 422 g/mol. The average molecular weight is 455 g/mol. The van der Waals surface area contributed by atoms with Crippen LogP contribution in [0.25, 0.3) is 0 Å². The molecule has 3 heterocycles. The van der Waals surface area contributed by atoms with Gasteiger partial charge in [0.1, 0.15) is 18.4 Å². The normalized spacial score (nSPS) is 28.7. The first-order valence-corrected chi connectivity index (χ1v) is 10.8. The van der Waals surface area contributed by atoms with Gasteiger partial charge in [-0.2, -0.15) is 0 Å². The minimum absolute atomic E-state index is 0.0374. The smallest absolute Gasteiger partial charge is 0.255 e. The maximum Gasteiger partial charge on any atom is 0.255 e. The number of carbonyl (C=O) groups is 3. The number of rotatable bonds is 6. The quantitative estimate of drug-likeness (QED) is 0.671. The monoisotopic (exact) mass is 454 g/mol. The number of fused-ring (bicyclic) bond motifs is 1. The Hall–Kier alpha value is -3.23. The number of imide groups is 1. The molecule has 2 aromatic rings. The molecule has 3 amide bonds. The molecule has 8 heteroatoms. The van der Waals surface area contributed by atoms with E-state index >= 15 is 0 Å². The Kier molecular flexibility index (Phi) is 4.63. The Morgan fingerprint density at radius 3 is 2.76 bits per heavy atom. The Morgan fingerprint density at radius 2 is 1.94 bits per heavy atom. The second-order valence-electron chi connectivity index (χ2n) is 8.11. The SMILES string of the molecule is [2H]C1N(Cc2ccc(COc3cccc4c3CN(C3CCC(=O)NC3=O)C4=O)cc2)C([2H])([2H])COC1([2H])[2H]. The van der Waals surface area contributed by atoms with Crippen molar-refractivity contribution in [2.24, 2.45) is 0 Å². The molecule has 0 aliphatic carbocycles. The van der Waals surface area contributed by atoms with Crippen molar-refractivity contribution >= 4 is 17.7 Å². The number of nitrogens with zero attached hydrogens (tertiary/aromatic N) is 2. The second kappa shape index (κ2) is 9.33. The van der Waals surface area contributed by atoms with Gasteiger partial charge in [-0.15, -0.1) is 0 Å². The van der Waals surface area contributed by atoms with Gasteiger partial charge < -0.3 is 14.4 Å². The Bertz CT molecular complexity index is 1270. The van der Waals surface area contributed by atoms with Gasteiger partial charge in [0.05, 0.1) is 22.5 Å². The highest BCUT2D eigenvalue weighted by Gasteiger charge is 2.40. The largest absolute Gasteiger partial charge is 0.489 e. The van der Waals surface area contributed by atoms with Crippen molar-refractivity contribution in [1.82, 2.24) is 15.1 Å². The summed E-state index contributed by atoms with van der Waals surface area (Å²) in [5, 5.41) is 2.29. The molecule has 0 spiro atoms. The van der Waals surface area contributed by atoms with Gasteiger partial charge in [-0.3, -0.25) is 24.6 Å². The second-order valence-corrected chi connectivity index (χ2v) is 8.11. The van der Waals surface area contributed by atoms with Crippen molar-refractivity contribution in [2.75, 3.05) is 26.2 Å². The zero-order valence-electron chi connectivity index (χ0n) is 22.9. The van der Waals surface area contributed by atoms with Crippen LogP contribution in [0.15, 0.2) is 42.5 Å². The predicted octanol–water partition coefficient (Wildman–Crippen LogP) is 1.86. The van der Waals surface area contributed by atoms with E-state index < -0.39 is 38.1 Å². The third kappa shape index (κ3) is 4.62. The van der Waals surface area contributed by atoms with Crippen LogP contribution in [-0.4, -0.2) is 59.7 Å². The van der Waals surface area contributed by atoms with Gasteiger partial charge in [0.25, 0.3) is 5.91 Å². The van der Waals surface area contributed by atoms with E-state index in [-0.39, 0.29) is 44.4 Å². The fourth-order valence-corrected chi connectivity index (χ4v) is 4.20. The average Bonchev–Trinajstić information content (AvgIpc) is 3.21. The number of morpholine rings is 1. The molecular formula is C25H27N3O5. The van der Waals surface area contributed by atoms with Crippen LogP contribution in [-0.2, 0) is 34.0 Å². The third-order valence-corrected chi connectivity index (χ3v) is 5.94. The molecule has 2 aromatic carbocycles. The maximum absolute atomic E-state index is 13.0. The lowest BCUT2D eigenvalue weighted by atomic mass is 10.0. The lowest BCUT2D eigenvalue weighted by Gasteiger charge is -2.29. The lowest BCUT2D eigenvalue weighted by Crippen LogP contribution is -2.52. The highest BCUT2D eigenvalue weighted by atomic mass is 16.5. The molecule has 0 saturated carbocycles. The van der Waals surface area contributed by atoms with Gasteiger partial charge in [-0.05, 0) is 29.7 Å². The molecule has 3 aliphatic heterocycles. The molecule has 5 rings (SSSR count). The number of hydrogen-bond donors (Lipinski definition) is 1. The molecule has 2 atom stereocenters. The van der Waals surface area contributed by atoms with Crippen molar-refractivity contribution < 1.29 is 30.7 Å². The van der Waals surface area contributed by atoms with E-state index in [1.807, 2.05) is 12.1 Å². The maximum atomic E-state index is 13.0. The van der Waals surface area contributed by atoms with Crippen molar-refractivity contribution in [1.29, 1.82) is 0 Å². The molecule has 33 heavy (non-hydrogen) atoms. The summed E-state index contributed by atoms with van der Waals surface area (Å²) in [5.41, 5.74) is 2.68. The van der Waals surface area contributed by atoms with Crippen LogP contribution >= 0.6 is 0 Å². The molecule has 0 aromatic heterocycles. The summed E-state index contributed by atoms with van der Waals surface area (Å²) >= 11 is 0. The fourth-order valence-electron chi connectivity index (χ4n) is 4.20. The van der Waals surface area contributed by atoms with Crippen LogP contribution in [0.2, 0.25) is 0 Å². The van der Waals surface area contributed by atoms with E-state index in [0.717, 1.165) is 10.5 Å². The van der Waals surface area contributed by atoms with Crippen LogP contribution in [0.5, 0.6) is 5.75 Å². The highest BCUT2D eigenvalue weighted by Crippen LogP contribution is 2.34. The van der Waals surface area contributed by atoms with Gasteiger partial charge in [0.15, 0.2) is 0 Å². The number of carbonyl (C=O) groups excluding carboxylic acids is 3. The first-order chi connectivity index (χ1) is 18.0. The Labute approximate surface area is 199 Å². The summed E-state index contributed by atoms with van der Waals surface area (Å²) in [7, 11) is 0. The number of piperidine rings is 1. The Morgan fingerprint density at radius 1 is 1.12 bits per heavy atom. The van der Waals surface area contributed by atoms with E-state index in [1.165, 1.54) is 4.90 Å². The zero-order chi connectivity index (χ0) is 27.2. The molecule has 8 nitrogen and oxygen atoms in total. The molecule has 0 bridgehead atoms. The first-order valence-electron chi connectivity index (χ1n) is 13.3. The van der Waals surface area contributed by atoms with Gasteiger partial charge in [0.2, 0.25) is 11.8 Å². The van der Waals surface area contributed by atoms with Gasteiger partial charge in [0, 0.05) is 41.2 Å². The van der Waals surface area contributed by atoms with Crippen LogP contribution < -0.4 is 10.1 Å². The summed E-state index contributed by atoms with van der Waals surface area (Å²) < 4.78 is 50.9. The lowest BCUT2D eigenvalue weighted by molar-refractivity contribution is -0.136. The summed E-state index contributed by atoms with van der Waals surface area (Å²) in [6, 6.07) is 11.6. The van der Waals surface area contributed by atoms with E-state index in [2.05, 4.69) is 5.32 Å². The molecule has 0 radical (unpaired) electrons. The fraction of sp³-hybridized carbons (Fsp3) is 0.400. The minimum Gasteiger partial charge on any atom is -0.489 e.